The highest BCUT2D eigenvalue weighted by Gasteiger charge is 2.48. The fourth-order valence-electron chi connectivity index (χ4n) is 4.05. The summed E-state index contributed by atoms with van der Waals surface area (Å²) >= 11 is 2.64. The van der Waals surface area contributed by atoms with E-state index < -0.39 is 17.6 Å². The molecular formula is C25H19FN2O4S2. The highest BCUT2D eigenvalue weighted by molar-refractivity contribution is 7.98. The molecule has 0 bridgehead atoms. The molecule has 1 unspecified atom stereocenters. The molecule has 172 valence electrons. The van der Waals surface area contributed by atoms with Crippen LogP contribution in [-0.2, 0) is 21.7 Å². The fraction of sp³-hybridized carbons (Fsp3) is 0.160. The number of cyclic esters (lactones) is 1. The number of carbonyl (C=O) groups is 1. The number of rotatable bonds is 6. The summed E-state index contributed by atoms with van der Waals surface area (Å²) in [7, 11) is 1.39. The summed E-state index contributed by atoms with van der Waals surface area (Å²) in [5.74, 6) is -3.09. The van der Waals surface area contributed by atoms with Crippen molar-refractivity contribution in [3.63, 3.8) is 0 Å². The molecule has 1 N–H and O–H groups in total. The maximum Gasteiger partial charge on any atom is 0.342 e. The van der Waals surface area contributed by atoms with E-state index in [1.165, 1.54) is 19.2 Å². The van der Waals surface area contributed by atoms with Crippen LogP contribution in [0.15, 0.2) is 71.1 Å². The Bertz CT molecular complexity index is 1430. The Morgan fingerprint density at radius 3 is 2.56 bits per heavy atom. The minimum absolute atomic E-state index is 0.0795. The van der Waals surface area contributed by atoms with Crippen molar-refractivity contribution < 1.29 is 23.8 Å². The molecule has 6 nitrogen and oxygen atoms in total. The minimum Gasteiger partial charge on any atom is -0.494 e. The number of thioether (sulfide) groups is 1. The molecule has 3 aromatic carbocycles. The summed E-state index contributed by atoms with van der Waals surface area (Å²) in [5.41, 5.74) is 3.41. The van der Waals surface area contributed by atoms with E-state index in [0.717, 1.165) is 16.6 Å². The molecule has 0 fully saturated rings. The first-order valence-electron chi connectivity index (χ1n) is 10.3. The van der Waals surface area contributed by atoms with Crippen LogP contribution in [0.5, 0.6) is 5.75 Å². The zero-order valence-electron chi connectivity index (χ0n) is 18.2. The van der Waals surface area contributed by atoms with Crippen LogP contribution in [-0.4, -0.2) is 33.2 Å². The van der Waals surface area contributed by atoms with Crippen molar-refractivity contribution in [2.24, 2.45) is 0 Å². The Morgan fingerprint density at radius 2 is 1.85 bits per heavy atom. The van der Waals surface area contributed by atoms with Crippen molar-refractivity contribution in [1.82, 2.24) is 8.75 Å². The van der Waals surface area contributed by atoms with Gasteiger partial charge in [0.1, 0.15) is 11.0 Å². The summed E-state index contributed by atoms with van der Waals surface area (Å²) in [6.07, 6.45) is 2.03. The van der Waals surface area contributed by atoms with Crippen molar-refractivity contribution >= 4 is 46.1 Å². The Morgan fingerprint density at radius 1 is 1.09 bits per heavy atom. The van der Waals surface area contributed by atoms with Crippen LogP contribution in [0.3, 0.4) is 0 Å². The van der Waals surface area contributed by atoms with E-state index in [0.29, 0.717) is 33.3 Å². The Hall–Kier alpha value is -3.27. The number of fused-ring (bicyclic) bond motifs is 1. The zero-order chi connectivity index (χ0) is 23.9. The molecule has 0 amide bonds. The van der Waals surface area contributed by atoms with E-state index in [4.69, 9.17) is 9.47 Å². The smallest absolute Gasteiger partial charge is 0.342 e. The quantitative estimate of drug-likeness (QED) is 0.300. The number of esters is 1. The molecule has 9 heteroatoms. The first-order chi connectivity index (χ1) is 16.4. The fourth-order valence-corrected chi connectivity index (χ4v) is 4.98. The first kappa shape index (κ1) is 22.5. The number of aliphatic hydroxyl groups is 1. The predicted molar refractivity (Wildman–Crippen MR) is 129 cm³/mol. The number of hydrogen-bond donors (Lipinski definition) is 1. The van der Waals surface area contributed by atoms with Crippen LogP contribution in [0.25, 0.3) is 16.6 Å². The van der Waals surface area contributed by atoms with Gasteiger partial charge >= 0.3 is 5.97 Å². The average Bonchev–Trinajstić information content (AvgIpc) is 3.41. The van der Waals surface area contributed by atoms with Crippen molar-refractivity contribution in [3.8, 4) is 5.75 Å². The summed E-state index contributed by atoms with van der Waals surface area (Å²) < 4.78 is 33.5. The largest absolute Gasteiger partial charge is 0.494 e. The molecule has 0 radical (unpaired) electrons. The number of nitrogens with zero attached hydrogens (tertiary/aromatic N) is 2. The molecule has 0 saturated heterocycles. The van der Waals surface area contributed by atoms with Gasteiger partial charge in [0, 0.05) is 22.5 Å². The molecule has 4 aromatic rings. The van der Waals surface area contributed by atoms with Crippen LogP contribution in [0, 0.1) is 5.82 Å². The number of ether oxygens (including phenoxy) is 2. The van der Waals surface area contributed by atoms with Crippen molar-refractivity contribution in [3.05, 3.63) is 88.7 Å². The zero-order valence-corrected chi connectivity index (χ0v) is 19.9. The van der Waals surface area contributed by atoms with Gasteiger partial charge in [0.2, 0.25) is 0 Å². The molecule has 34 heavy (non-hydrogen) atoms. The SMILES string of the molecule is COc1ccc(CC2=C(c3ccc4nsnc4c3)C(=O)OC2(O)c2ccc(SC)cc2)cc1F. The number of hydrogen-bond acceptors (Lipinski definition) is 8. The van der Waals surface area contributed by atoms with Gasteiger partial charge in [-0.25, -0.2) is 9.18 Å². The number of methoxy groups -OCH3 is 1. The standard InChI is InChI=1S/C25H19FN2O4S2/c1-31-22-10-3-14(12-19(22)26)11-18-23(15-4-9-20-21(13-15)28-34-27-20)24(29)32-25(18,30)16-5-7-17(33-2)8-6-16/h3-10,12-13,30H,11H2,1-2H3. The number of benzene rings is 3. The predicted octanol–water partition coefficient (Wildman–Crippen LogP) is 4.96. The summed E-state index contributed by atoms with van der Waals surface area (Å²) in [5, 5.41) is 11.7. The maximum absolute atomic E-state index is 14.4. The van der Waals surface area contributed by atoms with Gasteiger partial charge in [0.05, 0.1) is 24.4 Å². The van der Waals surface area contributed by atoms with Crippen molar-refractivity contribution in [1.29, 1.82) is 0 Å². The maximum atomic E-state index is 14.4. The van der Waals surface area contributed by atoms with E-state index >= 15 is 0 Å². The molecule has 1 aliphatic heterocycles. The first-order valence-corrected chi connectivity index (χ1v) is 12.3. The number of carbonyl (C=O) groups excluding carboxylic acids is 1. The van der Waals surface area contributed by atoms with E-state index in [9.17, 15) is 14.3 Å². The van der Waals surface area contributed by atoms with Gasteiger partial charge in [-0.05, 0) is 53.8 Å². The molecule has 1 atom stereocenters. The third kappa shape index (κ3) is 3.85. The van der Waals surface area contributed by atoms with E-state index in [1.807, 2.05) is 18.4 Å². The Labute approximate surface area is 203 Å². The van der Waals surface area contributed by atoms with Gasteiger partial charge < -0.3 is 14.6 Å². The van der Waals surface area contributed by atoms with E-state index in [-0.39, 0.29) is 17.7 Å². The molecule has 5 rings (SSSR count). The molecule has 1 aromatic heterocycles. The molecule has 0 aliphatic carbocycles. The van der Waals surface area contributed by atoms with Crippen molar-refractivity contribution in [2.75, 3.05) is 13.4 Å². The highest BCUT2D eigenvalue weighted by Crippen LogP contribution is 2.45. The molecular weight excluding hydrogens is 475 g/mol. The third-order valence-electron chi connectivity index (χ3n) is 5.78. The number of halogens is 1. The van der Waals surface area contributed by atoms with Gasteiger partial charge in [-0.1, -0.05) is 24.3 Å². The van der Waals surface area contributed by atoms with E-state index in [1.54, 1.807) is 48.2 Å². The van der Waals surface area contributed by atoms with Crippen LogP contribution < -0.4 is 4.74 Å². The van der Waals surface area contributed by atoms with E-state index in [2.05, 4.69) is 8.75 Å². The second kappa shape index (κ2) is 8.83. The molecule has 2 heterocycles. The lowest BCUT2D eigenvalue weighted by molar-refractivity contribution is -0.185. The lowest BCUT2D eigenvalue weighted by Crippen LogP contribution is -2.29. The van der Waals surface area contributed by atoms with Crippen LogP contribution >= 0.6 is 23.5 Å². The molecule has 0 spiro atoms. The van der Waals surface area contributed by atoms with Gasteiger partial charge in [0.15, 0.2) is 11.6 Å². The lowest BCUT2D eigenvalue weighted by atomic mass is 9.88. The normalized spacial score (nSPS) is 17.9. The van der Waals surface area contributed by atoms with Gasteiger partial charge in [-0.15, -0.1) is 11.8 Å². The van der Waals surface area contributed by atoms with Crippen LogP contribution in [0.4, 0.5) is 4.39 Å². The third-order valence-corrected chi connectivity index (χ3v) is 7.08. The highest BCUT2D eigenvalue weighted by atomic mass is 32.2. The molecule has 1 aliphatic rings. The summed E-state index contributed by atoms with van der Waals surface area (Å²) in [6.45, 7) is 0. The second-order valence-corrected chi connectivity index (χ2v) is 9.14. The van der Waals surface area contributed by atoms with Gasteiger partial charge in [-0.2, -0.15) is 8.75 Å². The summed E-state index contributed by atoms with van der Waals surface area (Å²) in [6, 6.07) is 16.9. The van der Waals surface area contributed by atoms with Crippen LogP contribution in [0.2, 0.25) is 0 Å². The topological polar surface area (TPSA) is 81.5 Å². The van der Waals surface area contributed by atoms with Crippen molar-refractivity contribution in [2.45, 2.75) is 17.1 Å². The number of aromatic nitrogens is 2. The Kier molecular flexibility index (Phi) is 5.85. The van der Waals surface area contributed by atoms with Gasteiger partial charge in [-0.3, -0.25) is 0 Å². The minimum atomic E-state index is -2.00. The van der Waals surface area contributed by atoms with Crippen LogP contribution in [0.1, 0.15) is 16.7 Å². The summed E-state index contributed by atoms with van der Waals surface area (Å²) in [4.78, 5) is 14.2. The average molecular weight is 495 g/mol. The molecule has 0 saturated carbocycles. The second-order valence-electron chi connectivity index (χ2n) is 7.73. The monoisotopic (exact) mass is 494 g/mol. The lowest BCUT2D eigenvalue weighted by Gasteiger charge is -2.26. The van der Waals surface area contributed by atoms with Gasteiger partial charge in [0.25, 0.3) is 5.79 Å². The Balaban J connectivity index is 1.68.